The van der Waals surface area contributed by atoms with Crippen LogP contribution in [-0.4, -0.2) is 53.9 Å². The number of carbonyl (C=O) groups excluding carboxylic acids is 3. The van der Waals surface area contributed by atoms with Gasteiger partial charge >= 0.3 is 6.03 Å². The molecule has 1 aliphatic heterocycles. The van der Waals surface area contributed by atoms with Crippen molar-refractivity contribution in [3.05, 3.63) is 65.7 Å². The van der Waals surface area contributed by atoms with Crippen LogP contribution in [0.4, 0.5) is 4.79 Å². The van der Waals surface area contributed by atoms with Crippen molar-refractivity contribution < 1.29 is 19.1 Å². The second-order valence-electron chi connectivity index (χ2n) is 7.38. The van der Waals surface area contributed by atoms with Gasteiger partial charge in [0.15, 0.2) is 0 Å². The first-order valence-corrected chi connectivity index (χ1v) is 9.38. The number of hydrogen-bond acceptors (Lipinski definition) is 4. The summed E-state index contributed by atoms with van der Waals surface area (Å²) in [6.07, 6.45) is 0.270. The minimum absolute atomic E-state index is 0.270. The number of ether oxygens (including phenoxy) is 1. The number of amides is 4. The first-order valence-electron chi connectivity index (χ1n) is 9.38. The zero-order chi connectivity index (χ0) is 21.0. The molecule has 0 radical (unpaired) electrons. The molecule has 1 N–H and O–H groups in total. The Labute approximate surface area is 170 Å². The first-order chi connectivity index (χ1) is 13.8. The largest absolute Gasteiger partial charge is 0.496 e. The Morgan fingerprint density at radius 1 is 1.10 bits per heavy atom. The van der Waals surface area contributed by atoms with E-state index >= 15 is 0 Å². The maximum absolute atomic E-state index is 13.0. The van der Waals surface area contributed by atoms with Crippen LogP contribution in [0.3, 0.4) is 0 Å². The molecular formula is C22H25N3O4. The summed E-state index contributed by atoms with van der Waals surface area (Å²) in [6.45, 7) is 1.77. The first kappa shape index (κ1) is 20.4. The maximum Gasteiger partial charge on any atom is 0.325 e. The molecule has 1 atom stereocenters. The summed E-state index contributed by atoms with van der Waals surface area (Å²) < 4.78 is 5.34. The van der Waals surface area contributed by atoms with Gasteiger partial charge in [-0.3, -0.25) is 14.5 Å². The predicted octanol–water partition coefficient (Wildman–Crippen LogP) is 2.21. The number of nitrogens with zero attached hydrogens (tertiary/aromatic N) is 2. The summed E-state index contributed by atoms with van der Waals surface area (Å²) in [5.74, 6) is -0.0818. The van der Waals surface area contributed by atoms with Gasteiger partial charge in [0.05, 0.1) is 7.11 Å². The van der Waals surface area contributed by atoms with Crippen molar-refractivity contribution in [1.29, 1.82) is 0 Å². The number of urea groups is 1. The van der Waals surface area contributed by atoms with Gasteiger partial charge in [-0.1, -0.05) is 48.5 Å². The Morgan fingerprint density at radius 3 is 2.45 bits per heavy atom. The minimum atomic E-state index is -1.13. The topological polar surface area (TPSA) is 79.0 Å². The lowest BCUT2D eigenvalue weighted by atomic mass is 9.92. The molecule has 29 heavy (non-hydrogen) atoms. The fourth-order valence-electron chi connectivity index (χ4n) is 3.44. The molecule has 7 heteroatoms. The van der Waals surface area contributed by atoms with Crippen LogP contribution in [0, 0.1) is 0 Å². The SMILES string of the molecule is COc1ccccc1C[C@@]1(C)NC(=O)N(CC(=O)N(C)Cc2ccccc2)C1=O. The van der Waals surface area contributed by atoms with Gasteiger partial charge in [-0.25, -0.2) is 4.79 Å². The summed E-state index contributed by atoms with van der Waals surface area (Å²) in [5.41, 5.74) is 0.645. The van der Waals surface area contributed by atoms with Crippen molar-refractivity contribution in [2.24, 2.45) is 0 Å². The molecule has 0 aliphatic carbocycles. The monoisotopic (exact) mass is 395 g/mol. The average Bonchev–Trinajstić information content (AvgIpc) is 2.92. The van der Waals surface area contributed by atoms with Gasteiger partial charge in [0, 0.05) is 20.0 Å². The number of hydrogen-bond donors (Lipinski definition) is 1. The van der Waals surface area contributed by atoms with E-state index in [0.717, 1.165) is 16.0 Å². The van der Waals surface area contributed by atoms with E-state index in [1.54, 1.807) is 27.1 Å². The predicted molar refractivity (Wildman–Crippen MR) is 108 cm³/mol. The molecule has 2 aromatic rings. The van der Waals surface area contributed by atoms with Crippen LogP contribution in [0.25, 0.3) is 0 Å². The lowest BCUT2D eigenvalue weighted by Gasteiger charge is -2.23. The number of rotatable bonds is 7. The van der Waals surface area contributed by atoms with Gasteiger partial charge in [0.25, 0.3) is 5.91 Å². The number of nitrogens with one attached hydrogen (secondary N) is 1. The van der Waals surface area contributed by atoms with Crippen LogP contribution in [0.1, 0.15) is 18.1 Å². The highest BCUT2D eigenvalue weighted by atomic mass is 16.5. The van der Waals surface area contributed by atoms with E-state index in [9.17, 15) is 14.4 Å². The van der Waals surface area contributed by atoms with Crippen molar-refractivity contribution in [1.82, 2.24) is 15.1 Å². The third-order valence-corrected chi connectivity index (χ3v) is 5.06. The lowest BCUT2D eigenvalue weighted by Crippen LogP contribution is -2.47. The number of carbonyl (C=O) groups is 3. The van der Waals surface area contributed by atoms with Crippen molar-refractivity contribution >= 4 is 17.8 Å². The summed E-state index contributed by atoms with van der Waals surface area (Å²) in [7, 11) is 3.21. The normalized spacial score (nSPS) is 18.5. The summed E-state index contributed by atoms with van der Waals surface area (Å²) >= 11 is 0. The van der Waals surface area contributed by atoms with E-state index in [2.05, 4.69) is 5.32 Å². The fourth-order valence-corrected chi connectivity index (χ4v) is 3.44. The average molecular weight is 395 g/mol. The molecule has 0 unspecified atom stereocenters. The van der Waals surface area contributed by atoms with Gasteiger partial charge in [0.1, 0.15) is 17.8 Å². The number of likely N-dealkylation sites (N-methyl/N-ethyl adjacent to an activating group) is 1. The molecule has 1 fully saturated rings. The number of benzene rings is 2. The Kier molecular flexibility index (Phi) is 5.87. The van der Waals surface area contributed by atoms with Crippen LogP contribution >= 0.6 is 0 Å². The quantitative estimate of drug-likeness (QED) is 0.729. The molecule has 1 aliphatic rings. The van der Waals surface area contributed by atoms with E-state index < -0.39 is 17.5 Å². The molecule has 0 spiro atoms. The molecule has 4 amide bonds. The Balaban J connectivity index is 1.69. The summed E-state index contributed by atoms with van der Waals surface area (Å²) in [6, 6.07) is 16.3. The standard InChI is InChI=1S/C22H25N3O4/c1-22(13-17-11-7-8-12-18(17)29-3)20(27)25(21(28)23-22)15-19(26)24(2)14-16-9-5-4-6-10-16/h4-12H,13-15H2,1-3H3,(H,23,28)/t22-/m1/s1. The van der Waals surface area contributed by atoms with Gasteiger partial charge < -0.3 is 15.0 Å². The van der Waals surface area contributed by atoms with Gasteiger partial charge in [-0.2, -0.15) is 0 Å². The molecule has 1 saturated heterocycles. The van der Waals surface area contributed by atoms with Crippen LogP contribution < -0.4 is 10.1 Å². The molecule has 1 heterocycles. The second kappa shape index (κ2) is 8.34. The zero-order valence-corrected chi connectivity index (χ0v) is 16.8. The zero-order valence-electron chi connectivity index (χ0n) is 16.8. The van der Waals surface area contributed by atoms with E-state index in [-0.39, 0.29) is 18.9 Å². The fraction of sp³-hybridized carbons (Fsp3) is 0.318. The Bertz CT molecular complexity index is 915. The van der Waals surface area contributed by atoms with Gasteiger partial charge in [0.2, 0.25) is 5.91 Å². The van der Waals surface area contributed by atoms with Crippen molar-refractivity contribution in [3.63, 3.8) is 0 Å². The van der Waals surface area contributed by atoms with Crippen LogP contribution in [0.15, 0.2) is 54.6 Å². The van der Waals surface area contributed by atoms with E-state index in [1.165, 1.54) is 4.90 Å². The molecule has 152 valence electrons. The van der Waals surface area contributed by atoms with Gasteiger partial charge in [-0.05, 0) is 24.1 Å². The second-order valence-corrected chi connectivity index (χ2v) is 7.38. The Morgan fingerprint density at radius 2 is 1.76 bits per heavy atom. The molecule has 0 bridgehead atoms. The molecule has 3 rings (SSSR count). The third-order valence-electron chi connectivity index (χ3n) is 5.06. The Hall–Kier alpha value is -3.35. The van der Waals surface area contributed by atoms with Crippen LogP contribution in [0.2, 0.25) is 0 Å². The van der Waals surface area contributed by atoms with Crippen molar-refractivity contribution in [3.8, 4) is 5.75 Å². The van der Waals surface area contributed by atoms with E-state index in [4.69, 9.17) is 4.74 Å². The molecule has 0 saturated carbocycles. The summed E-state index contributed by atoms with van der Waals surface area (Å²) in [5, 5.41) is 2.74. The third kappa shape index (κ3) is 4.39. The molecule has 0 aromatic heterocycles. The number of para-hydroxylation sites is 1. The van der Waals surface area contributed by atoms with Crippen LogP contribution in [0.5, 0.6) is 5.75 Å². The molecular weight excluding hydrogens is 370 g/mol. The number of methoxy groups -OCH3 is 1. The minimum Gasteiger partial charge on any atom is -0.496 e. The lowest BCUT2D eigenvalue weighted by molar-refractivity contribution is -0.138. The maximum atomic E-state index is 13.0. The highest BCUT2D eigenvalue weighted by molar-refractivity contribution is 6.09. The highest BCUT2D eigenvalue weighted by Crippen LogP contribution is 2.27. The smallest absolute Gasteiger partial charge is 0.325 e. The van der Waals surface area contributed by atoms with Gasteiger partial charge in [-0.15, -0.1) is 0 Å². The number of imide groups is 1. The van der Waals surface area contributed by atoms with Crippen molar-refractivity contribution in [2.75, 3.05) is 20.7 Å². The van der Waals surface area contributed by atoms with E-state index in [1.807, 2.05) is 48.5 Å². The molecule has 2 aromatic carbocycles. The highest BCUT2D eigenvalue weighted by Gasteiger charge is 2.48. The van der Waals surface area contributed by atoms with Crippen LogP contribution in [-0.2, 0) is 22.6 Å². The summed E-state index contributed by atoms with van der Waals surface area (Å²) in [4.78, 5) is 40.5. The molecule has 7 nitrogen and oxygen atoms in total. The van der Waals surface area contributed by atoms with Crippen molar-refractivity contribution in [2.45, 2.75) is 25.4 Å². The van der Waals surface area contributed by atoms with E-state index in [0.29, 0.717) is 12.3 Å².